The average Bonchev–Trinajstić information content (AvgIpc) is 2.71. The van der Waals surface area contributed by atoms with E-state index < -0.39 is 0 Å². The second-order valence-electron chi connectivity index (χ2n) is 8.09. The number of carbonyl (C=O) groups is 2. The lowest BCUT2D eigenvalue weighted by Crippen LogP contribution is -2.20. The van der Waals surface area contributed by atoms with Crippen molar-refractivity contribution in [3.05, 3.63) is 0 Å². The molecule has 0 heterocycles. The molecule has 0 aliphatic rings. The van der Waals surface area contributed by atoms with Crippen LogP contribution in [0, 0.1) is 5.92 Å². The van der Waals surface area contributed by atoms with Crippen molar-refractivity contribution in [1.29, 1.82) is 0 Å². The molecule has 0 radical (unpaired) electrons. The van der Waals surface area contributed by atoms with E-state index in [4.69, 9.17) is 4.74 Å². The van der Waals surface area contributed by atoms with Crippen LogP contribution in [0.4, 0.5) is 0 Å². The average molecular weight is 399 g/mol. The molecule has 4 nitrogen and oxygen atoms in total. The molecular weight excluding hydrogens is 352 g/mol. The Hall–Kier alpha value is -1.06. The molecule has 0 saturated carbocycles. The van der Waals surface area contributed by atoms with Gasteiger partial charge in [0, 0.05) is 0 Å². The molecule has 0 spiro atoms. The molecule has 1 atom stereocenters. The van der Waals surface area contributed by atoms with Crippen LogP contribution in [0.25, 0.3) is 0 Å². The number of unbranched alkanes of at least 4 members (excludes halogenated alkanes) is 15. The van der Waals surface area contributed by atoms with Gasteiger partial charge in [-0.15, -0.1) is 0 Å². The Bertz CT molecular complexity index is 368. The van der Waals surface area contributed by atoms with E-state index in [-0.39, 0.29) is 24.3 Å². The summed E-state index contributed by atoms with van der Waals surface area (Å²) in [7, 11) is 2.73. The van der Waals surface area contributed by atoms with Crippen LogP contribution in [0.2, 0.25) is 0 Å². The lowest BCUT2D eigenvalue weighted by atomic mass is 9.97. The first-order valence-corrected chi connectivity index (χ1v) is 11.8. The minimum absolute atomic E-state index is 0.127. The molecule has 0 rings (SSSR count). The van der Waals surface area contributed by atoms with Gasteiger partial charge in [-0.05, 0) is 6.42 Å². The van der Waals surface area contributed by atoms with E-state index in [1.54, 1.807) is 0 Å². The molecule has 0 N–H and O–H groups in total. The summed E-state index contributed by atoms with van der Waals surface area (Å²) >= 11 is 0. The maximum Gasteiger partial charge on any atom is 0.309 e. The Morgan fingerprint density at radius 2 is 1.00 bits per heavy atom. The smallest absolute Gasteiger partial charge is 0.309 e. The molecule has 0 saturated heterocycles. The second-order valence-corrected chi connectivity index (χ2v) is 8.09. The van der Waals surface area contributed by atoms with Crippen LogP contribution in [0.3, 0.4) is 0 Å². The summed E-state index contributed by atoms with van der Waals surface area (Å²) in [6.45, 7) is 2.27. The molecule has 0 amide bonds. The predicted octanol–water partition coefficient (Wildman–Crippen LogP) is 6.99. The minimum Gasteiger partial charge on any atom is -0.469 e. The summed E-state index contributed by atoms with van der Waals surface area (Å²) in [5, 5.41) is 0. The van der Waals surface area contributed by atoms with Gasteiger partial charge in [-0.3, -0.25) is 9.59 Å². The standard InChI is InChI=1S/C24H46O4/c1-4-5-6-7-8-9-10-11-12-13-14-15-16-17-18-19-20-22(24(26)28-3)21-23(25)27-2/h22H,4-21H2,1-3H3. The van der Waals surface area contributed by atoms with Crippen LogP contribution < -0.4 is 0 Å². The topological polar surface area (TPSA) is 52.6 Å². The number of hydrogen-bond donors (Lipinski definition) is 0. The molecule has 0 fully saturated rings. The molecule has 4 heteroatoms. The van der Waals surface area contributed by atoms with Crippen LogP contribution in [-0.4, -0.2) is 26.2 Å². The Kier molecular flexibility index (Phi) is 19.9. The zero-order valence-electron chi connectivity index (χ0n) is 18.9. The van der Waals surface area contributed by atoms with Crippen molar-refractivity contribution in [2.45, 2.75) is 122 Å². The summed E-state index contributed by atoms with van der Waals surface area (Å²) in [6, 6.07) is 0. The van der Waals surface area contributed by atoms with Crippen LogP contribution in [0.1, 0.15) is 122 Å². The Morgan fingerprint density at radius 3 is 1.36 bits per heavy atom. The number of methoxy groups -OCH3 is 2. The predicted molar refractivity (Wildman–Crippen MR) is 116 cm³/mol. The largest absolute Gasteiger partial charge is 0.469 e. The van der Waals surface area contributed by atoms with E-state index in [9.17, 15) is 9.59 Å². The van der Waals surface area contributed by atoms with E-state index in [0.29, 0.717) is 6.42 Å². The van der Waals surface area contributed by atoms with Gasteiger partial charge in [-0.2, -0.15) is 0 Å². The van der Waals surface area contributed by atoms with Gasteiger partial charge < -0.3 is 9.47 Å². The van der Waals surface area contributed by atoms with Crippen molar-refractivity contribution in [1.82, 2.24) is 0 Å². The third kappa shape index (κ3) is 17.1. The highest BCUT2D eigenvalue weighted by Crippen LogP contribution is 2.18. The summed E-state index contributed by atoms with van der Waals surface area (Å²) in [5.41, 5.74) is 0. The van der Waals surface area contributed by atoms with Crippen molar-refractivity contribution in [2.75, 3.05) is 14.2 Å². The Morgan fingerprint density at radius 1 is 0.607 bits per heavy atom. The van der Waals surface area contributed by atoms with Gasteiger partial charge in [0.15, 0.2) is 0 Å². The zero-order chi connectivity index (χ0) is 20.9. The molecule has 0 bridgehead atoms. The van der Waals surface area contributed by atoms with E-state index in [0.717, 1.165) is 12.8 Å². The van der Waals surface area contributed by atoms with E-state index >= 15 is 0 Å². The van der Waals surface area contributed by atoms with Gasteiger partial charge >= 0.3 is 11.9 Å². The van der Waals surface area contributed by atoms with E-state index in [2.05, 4.69) is 11.7 Å². The monoisotopic (exact) mass is 398 g/mol. The van der Waals surface area contributed by atoms with Gasteiger partial charge in [0.25, 0.3) is 0 Å². The quantitative estimate of drug-likeness (QED) is 0.164. The highest BCUT2D eigenvalue weighted by Gasteiger charge is 2.22. The molecule has 1 unspecified atom stereocenters. The van der Waals surface area contributed by atoms with Gasteiger partial charge in [-0.25, -0.2) is 0 Å². The fourth-order valence-electron chi connectivity index (χ4n) is 3.69. The number of rotatable bonds is 20. The Balaban J connectivity index is 3.42. The first kappa shape index (κ1) is 26.9. The minimum atomic E-state index is -0.357. The van der Waals surface area contributed by atoms with Crippen molar-refractivity contribution in [3.63, 3.8) is 0 Å². The van der Waals surface area contributed by atoms with Crippen LogP contribution >= 0.6 is 0 Å². The maximum atomic E-state index is 11.7. The van der Waals surface area contributed by atoms with E-state index in [1.807, 2.05) is 0 Å². The molecule has 166 valence electrons. The maximum absolute atomic E-state index is 11.7. The van der Waals surface area contributed by atoms with E-state index in [1.165, 1.54) is 104 Å². The third-order valence-corrected chi connectivity index (χ3v) is 5.58. The van der Waals surface area contributed by atoms with Crippen LogP contribution in [-0.2, 0) is 19.1 Å². The highest BCUT2D eigenvalue weighted by atomic mass is 16.5. The fraction of sp³-hybridized carbons (Fsp3) is 0.917. The molecule has 0 aromatic carbocycles. The SMILES string of the molecule is CCCCCCCCCCCCCCCCCCC(CC(=O)OC)C(=O)OC. The molecule has 0 aliphatic carbocycles. The number of esters is 2. The summed E-state index contributed by atoms with van der Waals surface area (Å²) in [5.74, 6) is -0.998. The molecule has 0 aromatic rings. The first-order chi connectivity index (χ1) is 13.7. The zero-order valence-corrected chi connectivity index (χ0v) is 18.9. The summed E-state index contributed by atoms with van der Waals surface area (Å²) in [6.07, 6.45) is 22.1. The molecular formula is C24H46O4. The third-order valence-electron chi connectivity index (χ3n) is 5.58. The van der Waals surface area contributed by atoms with Crippen LogP contribution in [0.15, 0.2) is 0 Å². The lowest BCUT2D eigenvalue weighted by molar-refractivity contribution is -0.152. The highest BCUT2D eigenvalue weighted by molar-refractivity contribution is 5.79. The van der Waals surface area contributed by atoms with Gasteiger partial charge in [0.2, 0.25) is 0 Å². The molecule has 28 heavy (non-hydrogen) atoms. The van der Waals surface area contributed by atoms with Gasteiger partial charge in [0.1, 0.15) is 0 Å². The number of ether oxygens (including phenoxy) is 2. The van der Waals surface area contributed by atoms with Gasteiger partial charge in [0.05, 0.1) is 26.6 Å². The van der Waals surface area contributed by atoms with Crippen molar-refractivity contribution >= 4 is 11.9 Å². The number of carbonyl (C=O) groups excluding carboxylic acids is 2. The fourth-order valence-corrected chi connectivity index (χ4v) is 3.69. The Labute approximate surface area is 174 Å². The van der Waals surface area contributed by atoms with Crippen molar-refractivity contribution in [2.24, 2.45) is 5.92 Å². The van der Waals surface area contributed by atoms with Crippen LogP contribution in [0.5, 0.6) is 0 Å². The number of hydrogen-bond acceptors (Lipinski definition) is 4. The first-order valence-electron chi connectivity index (χ1n) is 11.8. The molecule has 0 aliphatic heterocycles. The lowest BCUT2D eigenvalue weighted by Gasteiger charge is -2.13. The van der Waals surface area contributed by atoms with Crippen molar-refractivity contribution in [3.8, 4) is 0 Å². The normalized spacial score (nSPS) is 12.0. The molecule has 0 aromatic heterocycles. The van der Waals surface area contributed by atoms with Gasteiger partial charge in [-0.1, -0.05) is 110 Å². The summed E-state index contributed by atoms with van der Waals surface area (Å²) < 4.78 is 9.45. The summed E-state index contributed by atoms with van der Waals surface area (Å²) in [4.78, 5) is 23.1. The van der Waals surface area contributed by atoms with Crippen molar-refractivity contribution < 1.29 is 19.1 Å². The second kappa shape index (κ2) is 20.7.